The second-order valence-electron chi connectivity index (χ2n) is 6.17. The first-order valence-corrected chi connectivity index (χ1v) is 8.18. The Labute approximate surface area is 140 Å². The lowest BCUT2D eigenvalue weighted by atomic mass is 9.92. The number of carbonyl (C=O) groups excluding carboxylic acids is 1. The van der Waals surface area contributed by atoms with Crippen molar-refractivity contribution in [2.45, 2.75) is 25.0 Å². The highest BCUT2D eigenvalue weighted by atomic mass is 16.5. The Morgan fingerprint density at radius 3 is 2.92 bits per heavy atom. The van der Waals surface area contributed by atoms with Gasteiger partial charge in [0.1, 0.15) is 6.10 Å². The Kier molecular flexibility index (Phi) is 4.08. The Bertz CT molecular complexity index is 697. The van der Waals surface area contributed by atoms with E-state index in [1.807, 2.05) is 6.07 Å². The largest absolute Gasteiger partial charge is 0.363 e. The summed E-state index contributed by atoms with van der Waals surface area (Å²) in [5.41, 5.74) is 0.695. The molecule has 124 valence electrons. The van der Waals surface area contributed by atoms with E-state index in [0.717, 1.165) is 31.9 Å². The van der Waals surface area contributed by atoms with Crippen LogP contribution in [0.2, 0.25) is 0 Å². The van der Waals surface area contributed by atoms with Crippen molar-refractivity contribution in [3.8, 4) is 0 Å². The number of pyridine rings is 1. The van der Waals surface area contributed by atoms with Crippen molar-refractivity contribution in [1.29, 1.82) is 0 Å². The molecule has 0 aliphatic carbocycles. The van der Waals surface area contributed by atoms with Crippen LogP contribution < -0.4 is 10.2 Å². The van der Waals surface area contributed by atoms with Crippen LogP contribution in [0.15, 0.2) is 43.0 Å². The van der Waals surface area contributed by atoms with Crippen LogP contribution in [0.1, 0.15) is 12.8 Å². The van der Waals surface area contributed by atoms with Gasteiger partial charge < -0.3 is 15.0 Å². The van der Waals surface area contributed by atoms with Crippen molar-refractivity contribution in [3.05, 3.63) is 43.0 Å². The van der Waals surface area contributed by atoms with Crippen LogP contribution in [0.5, 0.6) is 0 Å². The molecule has 1 N–H and O–H groups in total. The van der Waals surface area contributed by atoms with Crippen LogP contribution in [0.3, 0.4) is 0 Å². The summed E-state index contributed by atoms with van der Waals surface area (Å²) in [5, 5.41) is 2.87. The van der Waals surface area contributed by atoms with E-state index in [-0.39, 0.29) is 12.0 Å². The van der Waals surface area contributed by atoms with Gasteiger partial charge in [-0.25, -0.2) is 9.97 Å². The fraction of sp³-hybridized carbons (Fsp3) is 0.412. The number of fused-ring (bicyclic) bond motifs is 1. The lowest BCUT2D eigenvalue weighted by molar-refractivity contribution is -0.126. The molecule has 7 heteroatoms. The summed E-state index contributed by atoms with van der Waals surface area (Å²) in [6.45, 7) is 1.62. The minimum atomic E-state index is -0.406. The first-order chi connectivity index (χ1) is 11.8. The standard InChI is InChI=1S/C17H19N5O2/c23-16(21-13-3-1-5-18-10-13)14-9-12-4-8-22(11-15(12)24-14)17-19-6-2-7-20-17/h1-3,5-7,10,12,14-15H,4,8-9,11H2,(H,21,23)/t12-,14+,15+/m0/s1. The van der Waals surface area contributed by atoms with E-state index in [9.17, 15) is 4.79 Å². The summed E-state index contributed by atoms with van der Waals surface area (Å²) in [6.07, 6.45) is 8.19. The molecule has 2 fully saturated rings. The minimum absolute atomic E-state index is 0.0483. The number of ether oxygens (including phenoxy) is 1. The number of amides is 1. The molecule has 2 aromatic heterocycles. The van der Waals surface area contributed by atoms with Crippen molar-refractivity contribution in [2.75, 3.05) is 23.3 Å². The second kappa shape index (κ2) is 6.52. The zero-order valence-corrected chi connectivity index (χ0v) is 13.2. The normalized spacial score (nSPS) is 26.0. The third-order valence-electron chi connectivity index (χ3n) is 4.61. The van der Waals surface area contributed by atoms with Gasteiger partial charge in [-0.3, -0.25) is 9.78 Å². The van der Waals surface area contributed by atoms with E-state index in [0.29, 0.717) is 11.6 Å². The number of nitrogens with one attached hydrogen (secondary N) is 1. The molecule has 7 nitrogen and oxygen atoms in total. The maximum absolute atomic E-state index is 12.4. The van der Waals surface area contributed by atoms with Crippen LogP contribution in [0.25, 0.3) is 0 Å². The minimum Gasteiger partial charge on any atom is -0.363 e. The average molecular weight is 325 g/mol. The molecule has 0 radical (unpaired) electrons. The van der Waals surface area contributed by atoms with Gasteiger partial charge in [-0.1, -0.05) is 0 Å². The molecule has 24 heavy (non-hydrogen) atoms. The molecule has 2 aliphatic rings. The number of carbonyl (C=O) groups is 1. The highest BCUT2D eigenvalue weighted by molar-refractivity contribution is 5.94. The molecule has 2 aliphatic heterocycles. The number of piperidine rings is 1. The van der Waals surface area contributed by atoms with E-state index >= 15 is 0 Å². The van der Waals surface area contributed by atoms with Crippen LogP contribution >= 0.6 is 0 Å². The zero-order valence-electron chi connectivity index (χ0n) is 13.2. The van der Waals surface area contributed by atoms with Crippen LogP contribution in [0.4, 0.5) is 11.6 Å². The van der Waals surface area contributed by atoms with Crippen LogP contribution in [0, 0.1) is 5.92 Å². The highest BCUT2D eigenvalue weighted by Gasteiger charge is 2.42. The Hall–Kier alpha value is -2.54. The Balaban J connectivity index is 1.38. The van der Waals surface area contributed by atoms with E-state index in [2.05, 4.69) is 25.2 Å². The first kappa shape index (κ1) is 15.0. The lowest BCUT2D eigenvalue weighted by Gasteiger charge is -2.33. The van der Waals surface area contributed by atoms with Gasteiger partial charge in [0.2, 0.25) is 5.95 Å². The number of hydrogen-bond donors (Lipinski definition) is 1. The van der Waals surface area contributed by atoms with Gasteiger partial charge in [0.15, 0.2) is 0 Å². The van der Waals surface area contributed by atoms with Crippen LogP contribution in [-0.2, 0) is 9.53 Å². The molecular weight excluding hydrogens is 306 g/mol. The monoisotopic (exact) mass is 325 g/mol. The Morgan fingerprint density at radius 1 is 1.25 bits per heavy atom. The summed E-state index contributed by atoms with van der Waals surface area (Å²) < 4.78 is 6.02. The molecule has 4 heterocycles. The second-order valence-corrected chi connectivity index (χ2v) is 6.17. The number of nitrogens with zero attached hydrogens (tertiary/aromatic N) is 4. The number of hydrogen-bond acceptors (Lipinski definition) is 6. The summed E-state index contributed by atoms with van der Waals surface area (Å²) >= 11 is 0. The maximum atomic E-state index is 12.4. The van der Waals surface area contributed by atoms with Crippen molar-refractivity contribution in [3.63, 3.8) is 0 Å². The van der Waals surface area contributed by atoms with Gasteiger partial charge in [0.05, 0.1) is 18.0 Å². The highest BCUT2D eigenvalue weighted by Crippen LogP contribution is 2.34. The SMILES string of the molecule is O=C(Nc1cccnc1)[C@H]1C[C@@H]2CCN(c3ncccn3)C[C@H]2O1. The summed E-state index contributed by atoms with van der Waals surface area (Å²) in [7, 11) is 0. The summed E-state index contributed by atoms with van der Waals surface area (Å²) in [5.74, 6) is 1.04. The van der Waals surface area contributed by atoms with Crippen molar-refractivity contribution in [1.82, 2.24) is 15.0 Å². The summed E-state index contributed by atoms with van der Waals surface area (Å²) in [6, 6.07) is 5.42. The third kappa shape index (κ3) is 3.07. The average Bonchev–Trinajstić information content (AvgIpc) is 3.07. The number of aromatic nitrogens is 3. The van der Waals surface area contributed by atoms with Gasteiger partial charge in [-0.15, -0.1) is 0 Å². The molecule has 0 aromatic carbocycles. The van der Waals surface area contributed by atoms with Crippen molar-refractivity contribution < 1.29 is 9.53 Å². The number of rotatable bonds is 3. The van der Waals surface area contributed by atoms with Gasteiger partial charge >= 0.3 is 0 Å². The molecule has 3 atom stereocenters. The smallest absolute Gasteiger partial charge is 0.253 e. The molecule has 0 spiro atoms. The molecule has 0 unspecified atom stereocenters. The molecule has 0 saturated carbocycles. The topological polar surface area (TPSA) is 80.2 Å². The van der Waals surface area contributed by atoms with E-state index in [1.54, 1.807) is 36.9 Å². The maximum Gasteiger partial charge on any atom is 0.253 e. The predicted octanol–water partition coefficient (Wildman–Crippen LogP) is 1.49. The fourth-order valence-corrected chi connectivity index (χ4v) is 3.39. The molecule has 2 saturated heterocycles. The molecule has 0 bridgehead atoms. The quantitative estimate of drug-likeness (QED) is 0.921. The molecular formula is C17H19N5O2. The molecule has 4 rings (SSSR count). The van der Waals surface area contributed by atoms with E-state index in [4.69, 9.17) is 4.74 Å². The third-order valence-corrected chi connectivity index (χ3v) is 4.61. The number of anilines is 2. The van der Waals surface area contributed by atoms with E-state index in [1.165, 1.54) is 0 Å². The van der Waals surface area contributed by atoms with E-state index < -0.39 is 6.10 Å². The van der Waals surface area contributed by atoms with Gasteiger partial charge in [0, 0.05) is 31.7 Å². The van der Waals surface area contributed by atoms with Gasteiger partial charge in [0.25, 0.3) is 5.91 Å². The first-order valence-electron chi connectivity index (χ1n) is 8.18. The summed E-state index contributed by atoms with van der Waals surface area (Å²) in [4.78, 5) is 27.1. The van der Waals surface area contributed by atoms with Gasteiger partial charge in [-0.05, 0) is 37.0 Å². The molecule has 2 aromatic rings. The zero-order chi connectivity index (χ0) is 16.4. The Morgan fingerprint density at radius 2 is 2.12 bits per heavy atom. The predicted molar refractivity (Wildman–Crippen MR) is 88.5 cm³/mol. The van der Waals surface area contributed by atoms with Gasteiger partial charge in [-0.2, -0.15) is 0 Å². The lowest BCUT2D eigenvalue weighted by Crippen LogP contribution is -2.43. The molecule has 1 amide bonds. The van der Waals surface area contributed by atoms with Crippen molar-refractivity contribution in [2.24, 2.45) is 5.92 Å². The fourth-order valence-electron chi connectivity index (χ4n) is 3.39. The van der Waals surface area contributed by atoms with Crippen LogP contribution in [-0.4, -0.2) is 46.2 Å². The van der Waals surface area contributed by atoms with Crippen molar-refractivity contribution >= 4 is 17.5 Å².